The van der Waals surface area contributed by atoms with Crippen LogP contribution in [-0.4, -0.2) is 28.2 Å². The maximum absolute atomic E-state index is 13.8. The molecule has 1 heterocycles. The van der Waals surface area contributed by atoms with E-state index < -0.39 is 17.1 Å². The third-order valence-corrected chi connectivity index (χ3v) is 5.85. The first-order valence-electron chi connectivity index (χ1n) is 9.72. The van der Waals surface area contributed by atoms with Gasteiger partial charge in [-0.1, -0.05) is 26.0 Å². The number of halogens is 2. The fraction of sp³-hybridized carbons (Fsp3) is 0.522. The van der Waals surface area contributed by atoms with E-state index in [0.29, 0.717) is 18.4 Å². The molecule has 0 spiro atoms. The standard InChI is InChI=1S/C23H28ClFO3/c1-14-9-15(5-8-20(14)25)18-12-23(4,24)13-22(2,3)19(18)7-6-17-10-16(26)11-21(27)28-17/h5-9,16-17,26H,10-13H2,1-4H3/b7-6+/t16-,17?,23?/m1/s1. The van der Waals surface area contributed by atoms with Crippen molar-refractivity contribution in [2.45, 2.75) is 70.5 Å². The first-order chi connectivity index (χ1) is 13.0. The number of carbonyl (C=O) groups is 1. The topological polar surface area (TPSA) is 46.5 Å². The number of ether oxygens (including phenoxy) is 1. The fourth-order valence-electron chi connectivity index (χ4n) is 4.50. The van der Waals surface area contributed by atoms with Crippen molar-refractivity contribution in [1.29, 1.82) is 0 Å². The SMILES string of the molecule is Cc1cc(C2=C(/C=C/C3C[C@@H](O)CC(=O)O3)C(C)(C)CC(C)(Cl)C2)ccc1F. The predicted octanol–water partition coefficient (Wildman–Crippen LogP) is 5.33. The highest BCUT2D eigenvalue weighted by molar-refractivity contribution is 6.24. The van der Waals surface area contributed by atoms with E-state index in [2.05, 4.69) is 13.8 Å². The molecule has 0 radical (unpaired) electrons. The molecule has 1 aliphatic heterocycles. The Morgan fingerprint density at radius 1 is 1.32 bits per heavy atom. The molecular formula is C23H28ClFO3. The summed E-state index contributed by atoms with van der Waals surface area (Å²) in [6.07, 6.45) is 4.63. The number of aliphatic hydroxyl groups is 1. The third-order valence-electron chi connectivity index (χ3n) is 5.58. The molecule has 1 aliphatic carbocycles. The summed E-state index contributed by atoms with van der Waals surface area (Å²) in [5, 5.41) is 9.85. The molecule has 1 aromatic carbocycles. The van der Waals surface area contributed by atoms with Crippen LogP contribution in [0.1, 0.15) is 57.6 Å². The average Bonchev–Trinajstić information content (AvgIpc) is 2.53. The van der Waals surface area contributed by atoms with Gasteiger partial charge in [0.1, 0.15) is 11.9 Å². The number of allylic oxidation sites excluding steroid dienone is 3. The Kier molecular flexibility index (Phi) is 5.75. The van der Waals surface area contributed by atoms with E-state index in [1.54, 1.807) is 13.0 Å². The average molecular weight is 407 g/mol. The Hall–Kier alpha value is -1.65. The minimum Gasteiger partial charge on any atom is -0.458 e. The number of aliphatic hydroxyl groups excluding tert-OH is 1. The van der Waals surface area contributed by atoms with Gasteiger partial charge in [-0.2, -0.15) is 0 Å². The van der Waals surface area contributed by atoms with Crippen molar-refractivity contribution in [3.63, 3.8) is 0 Å². The zero-order chi connectivity index (χ0) is 20.7. The van der Waals surface area contributed by atoms with Gasteiger partial charge in [-0.05, 0) is 72.6 Å². The molecule has 28 heavy (non-hydrogen) atoms. The molecular weight excluding hydrogens is 379 g/mol. The number of carbonyl (C=O) groups excluding carboxylic acids is 1. The minimum atomic E-state index is -0.672. The molecule has 1 fully saturated rings. The lowest BCUT2D eigenvalue weighted by Gasteiger charge is -2.42. The lowest BCUT2D eigenvalue weighted by molar-refractivity contribution is -0.156. The summed E-state index contributed by atoms with van der Waals surface area (Å²) in [6.45, 7) is 8.08. The fourth-order valence-corrected chi connectivity index (χ4v) is 4.97. The van der Waals surface area contributed by atoms with Crippen molar-refractivity contribution in [1.82, 2.24) is 0 Å². The molecule has 1 saturated heterocycles. The summed E-state index contributed by atoms with van der Waals surface area (Å²) in [4.78, 5) is 11.2. The maximum atomic E-state index is 13.8. The summed E-state index contributed by atoms with van der Waals surface area (Å²) in [6, 6.07) is 5.15. The number of aryl methyl sites for hydroxylation is 1. The van der Waals surface area contributed by atoms with E-state index >= 15 is 0 Å². The molecule has 1 aromatic rings. The molecule has 5 heteroatoms. The molecule has 0 aromatic heterocycles. The second kappa shape index (κ2) is 7.64. The highest BCUT2D eigenvalue weighted by atomic mass is 35.5. The monoisotopic (exact) mass is 406 g/mol. The number of alkyl halides is 1. The van der Waals surface area contributed by atoms with Crippen LogP contribution in [0.25, 0.3) is 5.57 Å². The number of esters is 1. The van der Waals surface area contributed by atoms with Crippen molar-refractivity contribution in [3.05, 3.63) is 52.9 Å². The van der Waals surface area contributed by atoms with Gasteiger partial charge in [0.05, 0.1) is 12.5 Å². The smallest absolute Gasteiger partial charge is 0.309 e. The molecule has 0 bridgehead atoms. The maximum Gasteiger partial charge on any atom is 0.309 e. The van der Waals surface area contributed by atoms with Crippen LogP contribution in [0.4, 0.5) is 4.39 Å². The Morgan fingerprint density at radius 3 is 2.68 bits per heavy atom. The molecule has 0 amide bonds. The van der Waals surface area contributed by atoms with Gasteiger partial charge in [0, 0.05) is 11.3 Å². The van der Waals surface area contributed by atoms with Crippen LogP contribution in [0.2, 0.25) is 0 Å². The predicted molar refractivity (Wildman–Crippen MR) is 110 cm³/mol. The molecule has 3 atom stereocenters. The highest BCUT2D eigenvalue weighted by Gasteiger charge is 2.40. The van der Waals surface area contributed by atoms with E-state index in [0.717, 1.165) is 23.1 Å². The molecule has 1 N–H and O–H groups in total. The summed E-state index contributed by atoms with van der Waals surface area (Å²) >= 11 is 6.79. The van der Waals surface area contributed by atoms with Gasteiger partial charge >= 0.3 is 5.97 Å². The number of rotatable bonds is 3. The number of hydrogen-bond donors (Lipinski definition) is 1. The largest absolute Gasteiger partial charge is 0.458 e. The zero-order valence-corrected chi connectivity index (χ0v) is 17.6. The first kappa shape index (κ1) is 21.1. The second-order valence-electron chi connectivity index (χ2n) is 8.99. The van der Waals surface area contributed by atoms with E-state index in [4.69, 9.17) is 16.3 Å². The summed E-state index contributed by atoms with van der Waals surface area (Å²) < 4.78 is 19.2. The zero-order valence-electron chi connectivity index (χ0n) is 16.9. The Bertz CT molecular complexity index is 838. The lowest BCUT2D eigenvalue weighted by Crippen LogP contribution is -2.34. The van der Waals surface area contributed by atoms with Crippen molar-refractivity contribution in [2.75, 3.05) is 0 Å². The van der Waals surface area contributed by atoms with Crippen molar-refractivity contribution in [3.8, 4) is 0 Å². The van der Waals surface area contributed by atoms with E-state index in [1.165, 1.54) is 6.07 Å². The number of cyclic esters (lactones) is 1. The van der Waals surface area contributed by atoms with Gasteiger partial charge in [-0.15, -0.1) is 11.6 Å². The summed E-state index contributed by atoms with van der Waals surface area (Å²) in [7, 11) is 0. The third kappa shape index (κ3) is 4.66. The van der Waals surface area contributed by atoms with Crippen LogP contribution in [0.5, 0.6) is 0 Å². The van der Waals surface area contributed by atoms with Crippen LogP contribution in [0, 0.1) is 18.2 Å². The summed E-state index contributed by atoms with van der Waals surface area (Å²) in [5.74, 6) is -0.610. The van der Waals surface area contributed by atoms with Crippen molar-refractivity contribution < 1.29 is 19.0 Å². The van der Waals surface area contributed by atoms with E-state index in [9.17, 15) is 14.3 Å². The number of benzene rings is 1. The van der Waals surface area contributed by atoms with Gasteiger partial charge in [-0.3, -0.25) is 4.79 Å². The molecule has 0 saturated carbocycles. The van der Waals surface area contributed by atoms with Crippen molar-refractivity contribution >= 4 is 23.1 Å². The van der Waals surface area contributed by atoms with Gasteiger partial charge in [0.2, 0.25) is 0 Å². The first-order valence-corrected chi connectivity index (χ1v) is 10.1. The Morgan fingerprint density at radius 2 is 2.04 bits per heavy atom. The van der Waals surface area contributed by atoms with Crippen LogP contribution in [0.15, 0.2) is 35.9 Å². The Labute approximate surface area is 171 Å². The van der Waals surface area contributed by atoms with Crippen LogP contribution < -0.4 is 0 Å². The quantitative estimate of drug-likeness (QED) is 0.545. The molecule has 152 valence electrons. The molecule has 2 aliphatic rings. The van der Waals surface area contributed by atoms with E-state index in [-0.39, 0.29) is 23.6 Å². The van der Waals surface area contributed by atoms with Crippen LogP contribution in [-0.2, 0) is 9.53 Å². The normalized spacial score (nSPS) is 30.6. The van der Waals surface area contributed by atoms with Crippen LogP contribution >= 0.6 is 11.6 Å². The van der Waals surface area contributed by atoms with Gasteiger partial charge in [0.15, 0.2) is 0 Å². The lowest BCUT2D eigenvalue weighted by atomic mass is 9.67. The van der Waals surface area contributed by atoms with Gasteiger partial charge < -0.3 is 9.84 Å². The van der Waals surface area contributed by atoms with Gasteiger partial charge in [0.25, 0.3) is 0 Å². The van der Waals surface area contributed by atoms with Crippen LogP contribution in [0.3, 0.4) is 0 Å². The Balaban J connectivity index is 2.04. The summed E-state index contributed by atoms with van der Waals surface area (Å²) in [5.41, 5.74) is 3.53. The van der Waals surface area contributed by atoms with E-state index in [1.807, 2.05) is 25.1 Å². The highest BCUT2D eigenvalue weighted by Crippen LogP contribution is 2.51. The van der Waals surface area contributed by atoms with Gasteiger partial charge in [-0.25, -0.2) is 4.39 Å². The molecule has 3 nitrogen and oxygen atoms in total. The number of hydrogen-bond acceptors (Lipinski definition) is 3. The molecule has 2 unspecified atom stereocenters. The second-order valence-corrected chi connectivity index (χ2v) is 9.90. The van der Waals surface area contributed by atoms with Crippen molar-refractivity contribution in [2.24, 2.45) is 5.41 Å². The molecule has 3 rings (SSSR count). The minimum absolute atomic E-state index is 0.0449.